The van der Waals surface area contributed by atoms with Gasteiger partial charge in [0.25, 0.3) is 0 Å². The molecule has 1 amide bonds. The fourth-order valence-electron chi connectivity index (χ4n) is 2.72. The first kappa shape index (κ1) is 19.3. The molecule has 0 saturated heterocycles. The molecular weight excluding hydrogens is 381 g/mol. The predicted octanol–water partition coefficient (Wildman–Crippen LogP) is 4.95. The van der Waals surface area contributed by atoms with Crippen molar-refractivity contribution in [1.29, 1.82) is 0 Å². The first-order valence-corrected chi connectivity index (χ1v) is 9.39. The van der Waals surface area contributed by atoms with Crippen LogP contribution in [0.25, 0.3) is 0 Å². The molecule has 6 heteroatoms. The van der Waals surface area contributed by atoms with Crippen LogP contribution in [0.3, 0.4) is 0 Å². The molecule has 0 N–H and O–H groups in total. The molecule has 0 saturated carbocycles. The summed E-state index contributed by atoms with van der Waals surface area (Å²) in [4.78, 5) is 23.3. The molecule has 0 aliphatic heterocycles. The van der Waals surface area contributed by atoms with Crippen molar-refractivity contribution < 1.29 is 4.79 Å². The number of rotatable bonds is 7. The lowest BCUT2D eigenvalue weighted by Gasteiger charge is -2.23. The number of aromatic nitrogens is 2. The first-order valence-electron chi connectivity index (χ1n) is 8.63. The second-order valence-corrected chi connectivity index (χ2v) is 6.95. The number of halogens is 2. The molecule has 2 aromatic heterocycles. The summed E-state index contributed by atoms with van der Waals surface area (Å²) in [5, 5.41) is 0.978. The van der Waals surface area contributed by atoms with Gasteiger partial charge in [-0.15, -0.1) is 0 Å². The van der Waals surface area contributed by atoms with E-state index in [1.54, 1.807) is 29.4 Å². The van der Waals surface area contributed by atoms with Crippen LogP contribution in [0.2, 0.25) is 10.0 Å². The highest BCUT2D eigenvalue weighted by Crippen LogP contribution is 2.23. The largest absolute Gasteiger partial charge is 0.332 e. The molecule has 0 fully saturated rings. The Bertz CT molecular complexity index is 888. The van der Waals surface area contributed by atoms with Crippen molar-refractivity contribution in [3.8, 4) is 0 Å². The average molecular weight is 400 g/mol. The second-order valence-electron chi connectivity index (χ2n) is 6.14. The molecule has 0 unspecified atom stereocenters. The molecule has 0 radical (unpaired) electrons. The van der Waals surface area contributed by atoms with Crippen LogP contribution in [0.15, 0.2) is 67.0 Å². The Balaban J connectivity index is 1.73. The number of hydrogen-bond acceptors (Lipinski definition) is 3. The lowest BCUT2D eigenvalue weighted by atomic mass is 10.1. The third kappa shape index (κ3) is 5.78. The van der Waals surface area contributed by atoms with Crippen molar-refractivity contribution in [2.45, 2.75) is 25.9 Å². The van der Waals surface area contributed by atoms with E-state index in [1.165, 1.54) is 0 Å². The molecule has 0 aliphatic rings. The minimum absolute atomic E-state index is 0.0392. The molecule has 4 nitrogen and oxygen atoms in total. The molecular formula is C21H19Cl2N3O. The minimum atomic E-state index is 0.0392. The summed E-state index contributed by atoms with van der Waals surface area (Å²) in [5.74, 6) is 0.0392. The van der Waals surface area contributed by atoms with E-state index in [0.29, 0.717) is 36.0 Å². The lowest BCUT2D eigenvalue weighted by molar-refractivity contribution is -0.132. The molecule has 0 bridgehead atoms. The van der Waals surface area contributed by atoms with Gasteiger partial charge in [0.05, 0.1) is 22.3 Å². The number of pyridine rings is 2. The van der Waals surface area contributed by atoms with Crippen LogP contribution >= 0.6 is 23.2 Å². The van der Waals surface area contributed by atoms with Crippen molar-refractivity contribution in [2.24, 2.45) is 0 Å². The van der Waals surface area contributed by atoms with Gasteiger partial charge < -0.3 is 4.90 Å². The Morgan fingerprint density at radius 3 is 2.19 bits per heavy atom. The Labute approximate surface area is 168 Å². The van der Waals surface area contributed by atoms with Gasteiger partial charge in [-0.3, -0.25) is 14.8 Å². The van der Waals surface area contributed by atoms with Crippen LogP contribution in [0.4, 0.5) is 0 Å². The number of benzene rings is 1. The summed E-state index contributed by atoms with van der Waals surface area (Å²) in [6, 6.07) is 16.8. The van der Waals surface area contributed by atoms with Crippen molar-refractivity contribution in [3.63, 3.8) is 0 Å². The zero-order valence-corrected chi connectivity index (χ0v) is 16.2. The topological polar surface area (TPSA) is 46.1 Å². The summed E-state index contributed by atoms with van der Waals surface area (Å²) in [7, 11) is 0. The highest BCUT2D eigenvalue weighted by molar-refractivity contribution is 6.42. The quantitative estimate of drug-likeness (QED) is 0.564. The Kier molecular flexibility index (Phi) is 6.80. The molecule has 0 spiro atoms. The second kappa shape index (κ2) is 9.49. The van der Waals surface area contributed by atoms with Crippen LogP contribution in [0.5, 0.6) is 0 Å². The highest BCUT2D eigenvalue weighted by Gasteiger charge is 2.16. The van der Waals surface area contributed by atoms with Gasteiger partial charge in [0.15, 0.2) is 0 Å². The van der Waals surface area contributed by atoms with Crippen LogP contribution in [0, 0.1) is 0 Å². The van der Waals surface area contributed by atoms with Gasteiger partial charge in [0.1, 0.15) is 0 Å². The third-order valence-electron chi connectivity index (χ3n) is 4.11. The fraction of sp³-hybridized carbons (Fsp3) is 0.190. The standard InChI is InChI=1S/C21H19Cl2N3O/c22-19-9-7-16(13-20(19)23)14-26(15-18-6-2-4-12-25-18)21(27)10-8-17-5-1-3-11-24-17/h1-7,9,11-13H,8,10,14-15H2. The van der Waals surface area contributed by atoms with E-state index < -0.39 is 0 Å². The predicted molar refractivity (Wildman–Crippen MR) is 108 cm³/mol. The van der Waals surface area contributed by atoms with Gasteiger partial charge in [-0.25, -0.2) is 0 Å². The van der Waals surface area contributed by atoms with Gasteiger partial charge >= 0.3 is 0 Å². The summed E-state index contributed by atoms with van der Waals surface area (Å²) in [5.41, 5.74) is 2.66. The van der Waals surface area contributed by atoms with Gasteiger partial charge in [0, 0.05) is 31.1 Å². The SMILES string of the molecule is O=C(CCc1ccccn1)N(Cc1ccc(Cl)c(Cl)c1)Cc1ccccn1. The van der Waals surface area contributed by atoms with E-state index in [4.69, 9.17) is 23.2 Å². The summed E-state index contributed by atoms with van der Waals surface area (Å²) < 4.78 is 0. The molecule has 138 valence electrons. The Morgan fingerprint density at radius 1 is 0.852 bits per heavy atom. The van der Waals surface area contributed by atoms with E-state index in [-0.39, 0.29) is 5.91 Å². The first-order chi connectivity index (χ1) is 13.1. The third-order valence-corrected chi connectivity index (χ3v) is 4.85. The number of carbonyl (C=O) groups is 1. The van der Waals surface area contributed by atoms with Crippen LogP contribution < -0.4 is 0 Å². The van der Waals surface area contributed by atoms with Crippen molar-refractivity contribution >= 4 is 29.1 Å². The van der Waals surface area contributed by atoms with Crippen molar-refractivity contribution in [3.05, 3.63) is 94.0 Å². The number of hydrogen-bond donors (Lipinski definition) is 0. The van der Waals surface area contributed by atoms with Crippen LogP contribution in [0.1, 0.15) is 23.4 Å². The average Bonchev–Trinajstić information content (AvgIpc) is 2.70. The molecule has 3 rings (SSSR count). The molecule has 2 heterocycles. The Morgan fingerprint density at radius 2 is 1.56 bits per heavy atom. The summed E-state index contributed by atoms with van der Waals surface area (Å²) in [6.45, 7) is 0.872. The Hall–Kier alpha value is -2.43. The van der Waals surface area contributed by atoms with Gasteiger partial charge in [-0.1, -0.05) is 41.4 Å². The van der Waals surface area contributed by atoms with Gasteiger partial charge in [-0.2, -0.15) is 0 Å². The highest BCUT2D eigenvalue weighted by atomic mass is 35.5. The number of nitrogens with zero attached hydrogens (tertiary/aromatic N) is 3. The zero-order valence-electron chi connectivity index (χ0n) is 14.7. The van der Waals surface area contributed by atoms with E-state index in [2.05, 4.69) is 9.97 Å². The van der Waals surface area contributed by atoms with Gasteiger partial charge in [0.2, 0.25) is 5.91 Å². The molecule has 0 atom stereocenters. The molecule has 27 heavy (non-hydrogen) atoms. The number of aryl methyl sites for hydroxylation is 1. The van der Waals surface area contributed by atoms with Crippen LogP contribution in [-0.2, 0) is 24.3 Å². The van der Waals surface area contributed by atoms with Crippen molar-refractivity contribution in [1.82, 2.24) is 14.9 Å². The van der Waals surface area contributed by atoms with Crippen molar-refractivity contribution in [2.75, 3.05) is 0 Å². The monoisotopic (exact) mass is 399 g/mol. The van der Waals surface area contributed by atoms with E-state index >= 15 is 0 Å². The summed E-state index contributed by atoms with van der Waals surface area (Å²) >= 11 is 12.1. The normalized spacial score (nSPS) is 10.6. The zero-order chi connectivity index (χ0) is 19.1. The van der Waals surface area contributed by atoms with E-state index in [1.807, 2.05) is 42.5 Å². The van der Waals surface area contributed by atoms with Gasteiger partial charge in [-0.05, 0) is 48.4 Å². The maximum Gasteiger partial charge on any atom is 0.223 e. The fourth-order valence-corrected chi connectivity index (χ4v) is 3.04. The maximum atomic E-state index is 12.9. The smallest absolute Gasteiger partial charge is 0.223 e. The number of carbonyl (C=O) groups excluding carboxylic acids is 1. The lowest BCUT2D eigenvalue weighted by Crippen LogP contribution is -2.30. The van der Waals surface area contributed by atoms with E-state index in [9.17, 15) is 4.79 Å². The molecule has 3 aromatic rings. The molecule has 1 aromatic carbocycles. The summed E-state index contributed by atoms with van der Waals surface area (Å²) in [6.07, 6.45) is 4.44. The maximum absolute atomic E-state index is 12.9. The minimum Gasteiger partial charge on any atom is -0.332 e. The van der Waals surface area contributed by atoms with E-state index in [0.717, 1.165) is 17.0 Å². The molecule has 0 aliphatic carbocycles. The van der Waals surface area contributed by atoms with Crippen LogP contribution in [-0.4, -0.2) is 20.8 Å². The number of amides is 1.